The largest absolute Gasteiger partial charge is 0.465 e. The molecule has 0 atom stereocenters. The Morgan fingerprint density at radius 1 is 1.56 bits per heavy atom. The number of aromatic nitrogens is 1. The second-order valence-electron chi connectivity index (χ2n) is 3.42. The summed E-state index contributed by atoms with van der Waals surface area (Å²) in [5.41, 5.74) is 2.51. The molecule has 0 spiro atoms. The molecule has 0 fully saturated rings. The van der Waals surface area contributed by atoms with Gasteiger partial charge in [0.15, 0.2) is 5.69 Å². The number of nitrogens with zero attached hydrogens (tertiary/aromatic N) is 2. The Hall–Kier alpha value is -2.63. The zero-order valence-electron chi connectivity index (χ0n) is 9.66. The summed E-state index contributed by atoms with van der Waals surface area (Å²) >= 11 is 0. The van der Waals surface area contributed by atoms with Gasteiger partial charge in [-0.25, -0.2) is 5.43 Å². The highest BCUT2D eigenvalue weighted by Crippen LogP contribution is 2.01. The lowest BCUT2D eigenvalue weighted by atomic mass is 10.4. The van der Waals surface area contributed by atoms with Crippen molar-refractivity contribution in [1.29, 1.82) is 0 Å². The van der Waals surface area contributed by atoms with Crippen LogP contribution in [0.25, 0.3) is 6.08 Å². The number of rotatable bonds is 4. The van der Waals surface area contributed by atoms with E-state index in [0.29, 0.717) is 11.5 Å². The van der Waals surface area contributed by atoms with Crippen molar-refractivity contribution in [1.82, 2.24) is 10.6 Å². The molecule has 92 valence electrons. The van der Waals surface area contributed by atoms with Crippen molar-refractivity contribution in [2.24, 2.45) is 5.10 Å². The molecule has 0 aliphatic rings. The van der Waals surface area contributed by atoms with Gasteiger partial charge in [0.25, 0.3) is 5.91 Å². The first-order valence-corrected chi connectivity index (χ1v) is 5.22. The number of hydrogen-bond acceptors (Lipinski definition) is 5. The molecule has 0 saturated carbocycles. The first-order chi connectivity index (χ1) is 8.75. The number of aryl methyl sites for hydroxylation is 1. The highest BCUT2D eigenvalue weighted by molar-refractivity contribution is 5.92. The Kier molecular flexibility index (Phi) is 3.70. The van der Waals surface area contributed by atoms with Crippen LogP contribution in [0.15, 0.2) is 44.6 Å². The molecule has 6 nitrogen and oxygen atoms in total. The van der Waals surface area contributed by atoms with Crippen LogP contribution in [-0.2, 0) is 0 Å². The van der Waals surface area contributed by atoms with Crippen LogP contribution in [0.2, 0.25) is 0 Å². The monoisotopic (exact) mass is 245 g/mol. The average Bonchev–Trinajstić information content (AvgIpc) is 2.99. The summed E-state index contributed by atoms with van der Waals surface area (Å²) in [5, 5.41) is 7.28. The maximum absolute atomic E-state index is 11.5. The molecule has 0 radical (unpaired) electrons. The van der Waals surface area contributed by atoms with Gasteiger partial charge in [-0.1, -0.05) is 5.16 Å². The molecule has 0 aliphatic carbocycles. The van der Waals surface area contributed by atoms with Crippen molar-refractivity contribution in [3.05, 3.63) is 47.8 Å². The van der Waals surface area contributed by atoms with Gasteiger partial charge >= 0.3 is 0 Å². The molecule has 0 bridgehead atoms. The van der Waals surface area contributed by atoms with Crippen molar-refractivity contribution in [2.75, 3.05) is 0 Å². The molecule has 2 aromatic rings. The maximum Gasteiger partial charge on any atom is 0.293 e. The highest BCUT2D eigenvalue weighted by Gasteiger charge is 2.08. The molecule has 6 heteroatoms. The quantitative estimate of drug-likeness (QED) is 0.659. The Bertz CT molecular complexity index is 567. The number of nitrogens with one attached hydrogen (secondary N) is 1. The van der Waals surface area contributed by atoms with Gasteiger partial charge in [0.05, 0.1) is 6.26 Å². The molecular weight excluding hydrogens is 234 g/mol. The SMILES string of the molecule is Cc1cc(C(=O)NN=CC=Cc2ccco2)no1. The lowest BCUT2D eigenvalue weighted by Crippen LogP contribution is -2.17. The van der Waals surface area contributed by atoms with Gasteiger partial charge in [-0.2, -0.15) is 5.10 Å². The topological polar surface area (TPSA) is 80.6 Å². The van der Waals surface area contributed by atoms with Crippen LogP contribution in [-0.4, -0.2) is 17.3 Å². The molecule has 0 aliphatic heterocycles. The Labute approximate surface area is 103 Å². The molecule has 0 unspecified atom stereocenters. The average molecular weight is 245 g/mol. The smallest absolute Gasteiger partial charge is 0.293 e. The van der Waals surface area contributed by atoms with Crippen molar-refractivity contribution in [3.63, 3.8) is 0 Å². The van der Waals surface area contributed by atoms with E-state index in [1.165, 1.54) is 12.3 Å². The van der Waals surface area contributed by atoms with E-state index in [1.54, 1.807) is 37.5 Å². The third-order valence-electron chi connectivity index (χ3n) is 1.99. The highest BCUT2D eigenvalue weighted by atomic mass is 16.5. The number of hydrogen-bond donors (Lipinski definition) is 1. The first kappa shape index (κ1) is 11.8. The third kappa shape index (κ3) is 3.18. The first-order valence-electron chi connectivity index (χ1n) is 5.22. The molecule has 0 aromatic carbocycles. The molecule has 2 heterocycles. The second-order valence-corrected chi connectivity index (χ2v) is 3.42. The number of allylic oxidation sites excluding steroid dienone is 1. The predicted octanol–water partition coefficient (Wildman–Crippen LogP) is 2.01. The number of amides is 1. The summed E-state index contributed by atoms with van der Waals surface area (Å²) in [7, 11) is 0. The summed E-state index contributed by atoms with van der Waals surface area (Å²) in [6.07, 6.45) is 6.38. The summed E-state index contributed by atoms with van der Waals surface area (Å²) in [6, 6.07) is 5.12. The van der Waals surface area contributed by atoms with Gasteiger partial charge in [0.2, 0.25) is 0 Å². The van der Waals surface area contributed by atoms with Gasteiger partial charge in [0, 0.05) is 12.3 Å². The van der Waals surface area contributed by atoms with E-state index in [4.69, 9.17) is 8.94 Å². The molecule has 2 rings (SSSR count). The Morgan fingerprint density at radius 3 is 3.11 bits per heavy atom. The lowest BCUT2D eigenvalue weighted by molar-refractivity contribution is 0.0946. The van der Waals surface area contributed by atoms with E-state index in [-0.39, 0.29) is 5.69 Å². The summed E-state index contributed by atoms with van der Waals surface area (Å²) < 4.78 is 9.85. The van der Waals surface area contributed by atoms with Crippen LogP contribution in [0.5, 0.6) is 0 Å². The Balaban J connectivity index is 1.83. The number of carbonyl (C=O) groups excluding carboxylic acids is 1. The minimum atomic E-state index is -0.422. The van der Waals surface area contributed by atoms with E-state index in [0.717, 1.165) is 0 Å². The summed E-state index contributed by atoms with van der Waals surface area (Å²) in [6.45, 7) is 1.71. The zero-order chi connectivity index (χ0) is 12.8. The van der Waals surface area contributed by atoms with E-state index >= 15 is 0 Å². The fraction of sp³-hybridized carbons (Fsp3) is 0.0833. The molecular formula is C12H11N3O3. The number of carbonyl (C=O) groups is 1. The maximum atomic E-state index is 11.5. The molecule has 2 aromatic heterocycles. The van der Waals surface area contributed by atoms with E-state index in [1.807, 2.05) is 0 Å². The predicted molar refractivity (Wildman–Crippen MR) is 64.9 cm³/mol. The minimum Gasteiger partial charge on any atom is -0.465 e. The van der Waals surface area contributed by atoms with Crippen LogP contribution in [0.1, 0.15) is 22.0 Å². The molecule has 18 heavy (non-hydrogen) atoms. The van der Waals surface area contributed by atoms with Crippen molar-refractivity contribution in [3.8, 4) is 0 Å². The number of furan rings is 1. The second kappa shape index (κ2) is 5.62. The Morgan fingerprint density at radius 2 is 2.44 bits per heavy atom. The van der Waals surface area contributed by atoms with Crippen LogP contribution in [0.4, 0.5) is 0 Å². The molecule has 1 amide bonds. The van der Waals surface area contributed by atoms with E-state index in [2.05, 4.69) is 15.7 Å². The van der Waals surface area contributed by atoms with Crippen molar-refractivity contribution in [2.45, 2.75) is 6.92 Å². The van der Waals surface area contributed by atoms with Crippen LogP contribution in [0, 0.1) is 6.92 Å². The fourth-order valence-electron chi connectivity index (χ4n) is 1.19. The van der Waals surface area contributed by atoms with Crippen LogP contribution >= 0.6 is 0 Å². The fourth-order valence-corrected chi connectivity index (χ4v) is 1.19. The van der Waals surface area contributed by atoms with Gasteiger partial charge in [-0.05, 0) is 31.2 Å². The molecule has 1 N–H and O–H groups in total. The lowest BCUT2D eigenvalue weighted by Gasteiger charge is -1.91. The van der Waals surface area contributed by atoms with Crippen LogP contribution < -0.4 is 5.43 Å². The summed E-state index contributed by atoms with van der Waals surface area (Å²) in [4.78, 5) is 11.5. The standard InChI is InChI=1S/C12H11N3O3/c1-9-8-11(15-18-9)12(16)14-13-6-2-4-10-5-3-7-17-10/h2-8H,1H3,(H,14,16). The number of hydrazone groups is 1. The summed E-state index contributed by atoms with van der Waals surface area (Å²) in [5.74, 6) is 0.858. The third-order valence-corrected chi connectivity index (χ3v) is 1.99. The van der Waals surface area contributed by atoms with Crippen molar-refractivity contribution >= 4 is 18.2 Å². The van der Waals surface area contributed by atoms with Crippen LogP contribution in [0.3, 0.4) is 0 Å². The normalized spacial score (nSPS) is 11.4. The van der Waals surface area contributed by atoms with Gasteiger partial charge in [-0.15, -0.1) is 0 Å². The van der Waals surface area contributed by atoms with Gasteiger partial charge in [-0.3, -0.25) is 4.79 Å². The molecule has 0 saturated heterocycles. The zero-order valence-corrected chi connectivity index (χ0v) is 9.66. The van der Waals surface area contributed by atoms with E-state index in [9.17, 15) is 4.79 Å². The minimum absolute atomic E-state index is 0.194. The van der Waals surface area contributed by atoms with Gasteiger partial charge < -0.3 is 8.94 Å². The van der Waals surface area contributed by atoms with Crippen molar-refractivity contribution < 1.29 is 13.7 Å². The van der Waals surface area contributed by atoms with Gasteiger partial charge in [0.1, 0.15) is 11.5 Å². The van der Waals surface area contributed by atoms with E-state index < -0.39 is 5.91 Å².